The molecule has 3 aromatic rings. The maximum Gasteiger partial charge on any atom is 0.410 e. The average Bonchev–Trinajstić information content (AvgIpc) is 1.72. The van der Waals surface area contributed by atoms with Crippen molar-refractivity contribution in [2.24, 2.45) is 53.3 Å². The quantitative estimate of drug-likeness (QED) is 0.0152. The van der Waals surface area contributed by atoms with Gasteiger partial charge in [0, 0.05) is 138 Å². The molecule has 12 atom stereocenters. The van der Waals surface area contributed by atoms with Gasteiger partial charge in [-0.1, -0.05) is 163 Å². The Hall–Kier alpha value is -6.43. The van der Waals surface area contributed by atoms with Gasteiger partial charge >= 0.3 is 12.1 Å². The summed E-state index contributed by atoms with van der Waals surface area (Å²) in [5, 5.41) is 19.2. The summed E-state index contributed by atoms with van der Waals surface area (Å²) in [6, 6.07) is 22.2. The van der Waals surface area contributed by atoms with Crippen LogP contribution in [0.3, 0.4) is 0 Å². The highest BCUT2D eigenvalue weighted by Crippen LogP contribution is 2.47. The number of likely N-dealkylation sites (N-methyl/N-ethyl adjacent to an activating group) is 2. The lowest BCUT2D eigenvalue weighted by Crippen LogP contribution is -2.54. The normalized spacial score (nSPS) is 16.8. The Morgan fingerprint density at radius 2 is 1.33 bits per heavy atom. The van der Waals surface area contributed by atoms with E-state index in [-0.39, 0.29) is 134 Å². The van der Waals surface area contributed by atoms with Crippen molar-refractivity contribution >= 4 is 93.6 Å². The third-order valence-corrected chi connectivity index (χ3v) is 25.1. The molecule has 0 spiro atoms. The summed E-state index contributed by atoms with van der Waals surface area (Å²) in [5.41, 5.74) is 2.66. The smallest absolute Gasteiger partial charge is 0.410 e. The fourth-order valence-electron chi connectivity index (χ4n) is 13.3. The first kappa shape index (κ1) is 88.0. The zero-order chi connectivity index (χ0) is 76.2. The van der Waals surface area contributed by atoms with E-state index in [4.69, 9.17) is 14.2 Å². The number of carbonyl (C=O) groups is 10. The molecule has 1 saturated heterocycles. The molecule has 3 unspecified atom stereocenters. The molecule has 22 nitrogen and oxygen atoms in total. The number of likely N-dealkylation sites (tertiary alicyclic amines) is 1. The van der Waals surface area contributed by atoms with Crippen LogP contribution in [0, 0.1) is 53.3 Å². The first-order valence-corrected chi connectivity index (χ1v) is 40.3. The Bertz CT molecular complexity index is 3250. The molecule has 1 aliphatic heterocycles. The molecule has 102 heavy (non-hydrogen) atoms. The first-order chi connectivity index (χ1) is 48.1. The number of esters is 1. The van der Waals surface area contributed by atoms with E-state index in [1.54, 1.807) is 48.0 Å². The number of ether oxygens (including phenoxy) is 3. The van der Waals surface area contributed by atoms with Crippen LogP contribution in [0.1, 0.15) is 157 Å². The molecule has 1 heterocycles. The summed E-state index contributed by atoms with van der Waals surface area (Å²) < 4.78 is 29.3. The largest absolute Gasteiger partial charge is 0.469 e. The molecular weight excluding hydrogens is 1360 g/mol. The SMILES string of the molecule is CCC(C)[C@@H](C(CC(=O)N1CCC[C@H]1[C@H](CO)[C@@H](C)C(=O)C[C@@H](Cc1ccccc1)C(=O)OC)OC)N(C)C(=O)[C@@H](CC(=O)[C@H](C(C)C)N(C)C(=O)OCc1ccc(NC(=O)[C@H](Cc2ccccc2)NC(=O)[C@H](CC(=O)CCSSC(C)(C)CCP(=O)(O)CCC(=O)NC)C(C)C)cc1)C(C)C. The van der Waals surface area contributed by atoms with Crippen molar-refractivity contribution in [1.82, 2.24) is 25.3 Å². The molecule has 0 bridgehead atoms. The number of methoxy groups -OCH3 is 2. The predicted octanol–water partition coefficient (Wildman–Crippen LogP) is 11.3. The molecule has 3 aromatic carbocycles. The summed E-state index contributed by atoms with van der Waals surface area (Å²) in [4.78, 5) is 153. The summed E-state index contributed by atoms with van der Waals surface area (Å²) in [7, 11) is 6.95. The van der Waals surface area contributed by atoms with Gasteiger partial charge in [0.25, 0.3) is 0 Å². The number of hydrogen-bond donors (Lipinski definition) is 5. The molecule has 568 valence electrons. The highest BCUT2D eigenvalue weighted by atomic mass is 33.1. The van der Waals surface area contributed by atoms with Crippen LogP contribution in [0.4, 0.5) is 10.5 Å². The number of nitrogens with zero attached hydrogens (tertiary/aromatic N) is 3. The van der Waals surface area contributed by atoms with E-state index in [9.17, 15) is 62.5 Å². The van der Waals surface area contributed by atoms with Gasteiger partial charge in [-0.25, -0.2) is 4.79 Å². The van der Waals surface area contributed by atoms with Crippen molar-refractivity contribution in [1.29, 1.82) is 0 Å². The molecule has 0 aromatic heterocycles. The van der Waals surface area contributed by atoms with E-state index in [1.807, 2.05) is 130 Å². The number of Topliss-reactive ketones (excluding diaryl/α,β-unsaturated/α-hetero) is 3. The van der Waals surface area contributed by atoms with Crippen LogP contribution in [0.25, 0.3) is 0 Å². The highest BCUT2D eigenvalue weighted by Gasteiger charge is 2.44. The van der Waals surface area contributed by atoms with Crippen molar-refractivity contribution in [2.75, 3.05) is 71.9 Å². The van der Waals surface area contributed by atoms with Crippen molar-refractivity contribution in [3.63, 3.8) is 0 Å². The summed E-state index contributed by atoms with van der Waals surface area (Å²) in [6.07, 6.45) is 0.948. The van der Waals surface area contributed by atoms with E-state index in [1.165, 1.54) is 54.8 Å². The standard InChI is InChI=1S/C77H117N6O16PS2/c1-17-52(8)71(67(97-15)46-69(89)83-37-24-29-64(83)62(47-84)53(9)65(86)43-57(75(93)98-16)41-54-25-20-18-21-26-54)81(13)74(92)61(50(4)5)45-66(87)70(51(6)7)82(14)76(94)99-48-56-30-32-58(33-31-56)79-73(91)63(42-55-27-22-19-23-28-55)80-72(90)60(49(2)3)44-59(85)35-40-101-102-77(10,11)36-39-100(95,96)38-34-68(88)78-12/h18-23,25-28,30-33,49-53,57,60-64,67,70-71,84H,17,24,29,34-48H2,1-16H3,(H,78,88)(H,79,91)(H,80,90)(H,95,96)/t52?,53-,57-,60-,61+,62-,63+,64+,67?,70+,71+/m1/s1. The number of anilines is 1. The highest BCUT2D eigenvalue weighted by molar-refractivity contribution is 8.77. The summed E-state index contributed by atoms with van der Waals surface area (Å²) in [5.74, 6) is -7.15. The molecule has 25 heteroatoms. The third-order valence-electron chi connectivity index (χ3n) is 19.9. The fourth-order valence-corrected chi connectivity index (χ4v) is 17.8. The van der Waals surface area contributed by atoms with Gasteiger partial charge in [0.15, 0.2) is 5.78 Å². The van der Waals surface area contributed by atoms with Gasteiger partial charge in [0.2, 0.25) is 36.9 Å². The van der Waals surface area contributed by atoms with Crippen LogP contribution in [0.15, 0.2) is 84.9 Å². The van der Waals surface area contributed by atoms with Gasteiger partial charge in [-0.05, 0) is 92.0 Å². The van der Waals surface area contributed by atoms with Gasteiger partial charge < -0.3 is 54.9 Å². The Kier molecular flexibility index (Phi) is 37.2. The van der Waals surface area contributed by atoms with Crippen molar-refractivity contribution in [3.05, 3.63) is 102 Å². The number of rotatable bonds is 45. The Morgan fingerprint density at radius 1 is 0.725 bits per heavy atom. The van der Waals surface area contributed by atoms with Crippen LogP contribution in [0.5, 0.6) is 0 Å². The van der Waals surface area contributed by atoms with Crippen molar-refractivity contribution < 1.29 is 76.7 Å². The molecule has 0 radical (unpaired) electrons. The van der Waals surface area contributed by atoms with E-state index in [0.717, 1.165) is 11.1 Å². The van der Waals surface area contributed by atoms with E-state index < -0.39 is 91.1 Å². The molecule has 5 N–H and O–H groups in total. The number of aliphatic hydroxyl groups excluding tert-OH is 1. The molecule has 1 aliphatic rings. The lowest BCUT2D eigenvalue weighted by Gasteiger charge is -2.41. The number of benzene rings is 3. The topological polar surface area (TPSA) is 302 Å². The monoisotopic (exact) mass is 1480 g/mol. The van der Waals surface area contributed by atoms with E-state index in [2.05, 4.69) is 16.0 Å². The first-order valence-electron chi connectivity index (χ1n) is 36.0. The number of hydrogen-bond acceptors (Lipinski definition) is 17. The fraction of sp³-hybridized carbons (Fsp3) is 0.636. The van der Waals surface area contributed by atoms with Crippen LogP contribution < -0.4 is 16.0 Å². The maximum absolute atomic E-state index is 14.9. The number of aliphatic hydroxyl groups is 1. The Balaban J connectivity index is 1.38. The predicted molar refractivity (Wildman–Crippen MR) is 402 cm³/mol. The molecular formula is C77H117N6O16PS2. The minimum absolute atomic E-state index is 0.0187. The zero-order valence-electron chi connectivity index (χ0n) is 63.1. The molecule has 0 aliphatic carbocycles. The molecule has 6 amide bonds. The third kappa shape index (κ3) is 27.9. The van der Waals surface area contributed by atoms with E-state index >= 15 is 0 Å². The van der Waals surface area contributed by atoms with Gasteiger partial charge in [-0.15, -0.1) is 0 Å². The lowest BCUT2D eigenvalue weighted by atomic mass is 9.80. The number of carbonyl (C=O) groups excluding carboxylic acids is 10. The number of nitrogens with one attached hydrogen (secondary N) is 3. The van der Waals surface area contributed by atoms with Crippen LogP contribution >= 0.6 is 29.0 Å². The summed E-state index contributed by atoms with van der Waals surface area (Å²) >= 11 is 0. The second-order valence-corrected chi connectivity index (χ2v) is 34.8. The Labute approximate surface area is 614 Å². The average molecular weight is 1480 g/mol. The lowest BCUT2D eigenvalue weighted by molar-refractivity contribution is -0.149. The Morgan fingerprint density at radius 3 is 1.88 bits per heavy atom. The second kappa shape index (κ2) is 43.1. The minimum Gasteiger partial charge on any atom is -0.469 e. The van der Waals surface area contributed by atoms with E-state index in [0.29, 0.717) is 55.7 Å². The van der Waals surface area contributed by atoms with Crippen molar-refractivity contribution in [3.8, 4) is 0 Å². The minimum atomic E-state index is -3.49. The van der Waals surface area contributed by atoms with Gasteiger partial charge in [-0.2, -0.15) is 0 Å². The number of amides is 6. The van der Waals surface area contributed by atoms with Crippen LogP contribution in [-0.2, 0) is 81.4 Å². The molecule has 4 rings (SSSR count). The van der Waals surface area contributed by atoms with Crippen LogP contribution in [0.2, 0.25) is 0 Å². The number of ketones is 3. The van der Waals surface area contributed by atoms with Crippen LogP contribution in [-0.4, -0.2) is 185 Å². The van der Waals surface area contributed by atoms with Gasteiger partial charge in [0.05, 0.1) is 37.6 Å². The summed E-state index contributed by atoms with van der Waals surface area (Å²) in [6.45, 7) is 20.6. The van der Waals surface area contributed by atoms with Crippen molar-refractivity contribution in [2.45, 2.75) is 195 Å². The molecule has 0 saturated carbocycles. The maximum atomic E-state index is 14.9. The van der Waals surface area contributed by atoms with Gasteiger partial charge in [0.1, 0.15) is 24.2 Å². The molecule has 1 fully saturated rings. The van der Waals surface area contributed by atoms with Gasteiger partial charge in [-0.3, -0.25) is 47.7 Å². The second-order valence-electron chi connectivity index (χ2n) is 29.1. The zero-order valence-corrected chi connectivity index (χ0v) is 65.6.